The molecule has 1 amide bonds. The fourth-order valence-electron chi connectivity index (χ4n) is 1.68. The molecule has 80 valence electrons. The summed E-state index contributed by atoms with van der Waals surface area (Å²) >= 11 is -0.209. The number of hydrogen-bond donors (Lipinski definition) is 1. The summed E-state index contributed by atoms with van der Waals surface area (Å²) < 4.78 is -0.217. The van der Waals surface area contributed by atoms with E-state index in [4.69, 9.17) is 0 Å². The Morgan fingerprint density at radius 3 is 2.57 bits per heavy atom. The SMILES string of the molecule is CC(C)C[C@]1(C)[Se]C(=O)C(C)NC1=O. The fourth-order valence-corrected chi connectivity index (χ4v) is 4.30. The van der Waals surface area contributed by atoms with Crippen LogP contribution in [0.2, 0.25) is 4.31 Å². The summed E-state index contributed by atoms with van der Waals surface area (Å²) in [6.07, 6.45) is 0.803. The van der Waals surface area contributed by atoms with Crippen molar-refractivity contribution in [2.45, 2.75) is 44.5 Å². The van der Waals surface area contributed by atoms with E-state index in [1.807, 2.05) is 6.92 Å². The molecule has 0 spiro atoms. The van der Waals surface area contributed by atoms with E-state index in [9.17, 15) is 9.59 Å². The van der Waals surface area contributed by atoms with E-state index in [1.165, 1.54) is 0 Å². The van der Waals surface area contributed by atoms with Crippen LogP contribution >= 0.6 is 0 Å². The summed E-state index contributed by atoms with van der Waals surface area (Å²) in [7, 11) is 0. The summed E-state index contributed by atoms with van der Waals surface area (Å²) in [4.78, 5) is 23.3. The van der Waals surface area contributed by atoms with E-state index >= 15 is 0 Å². The first-order valence-corrected chi connectivity index (χ1v) is 6.60. The Kier molecular flexibility index (Phi) is 3.38. The van der Waals surface area contributed by atoms with Crippen LogP contribution < -0.4 is 5.32 Å². The number of amides is 1. The molecule has 4 heteroatoms. The van der Waals surface area contributed by atoms with Crippen LogP contribution in [0.4, 0.5) is 0 Å². The zero-order valence-electron chi connectivity index (χ0n) is 9.09. The molecule has 0 aliphatic carbocycles. The molecule has 1 heterocycles. The van der Waals surface area contributed by atoms with E-state index < -0.39 is 4.31 Å². The van der Waals surface area contributed by atoms with Gasteiger partial charge in [-0.05, 0) is 0 Å². The summed E-state index contributed by atoms with van der Waals surface area (Å²) in [5, 5.41) is 2.75. The van der Waals surface area contributed by atoms with Crippen LogP contribution in [-0.4, -0.2) is 31.6 Å². The molecule has 1 aliphatic heterocycles. The Labute approximate surface area is 91.2 Å². The standard InChI is InChI=1S/C10H17NO2Se/c1-6(2)5-10(4)9(13)11-7(3)8(12)14-10/h6-7H,5H2,1-4H3,(H,11,13)/t7?,10-/m0/s1. The zero-order chi connectivity index (χ0) is 10.9. The van der Waals surface area contributed by atoms with Crippen molar-refractivity contribution in [3.8, 4) is 0 Å². The summed E-state index contributed by atoms with van der Waals surface area (Å²) in [6, 6.07) is -0.275. The van der Waals surface area contributed by atoms with Crippen LogP contribution in [0.1, 0.15) is 34.1 Å². The first-order valence-electron chi connectivity index (χ1n) is 4.89. The van der Waals surface area contributed by atoms with Gasteiger partial charge in [-0.3, -0.25) is 0 Å². The number of nitrogens with one attached hydrogen (secondary N) is 1. The van der Waals surface area contributed by atoms with Crippen molar-refractivity contribution in [2.75, 3.05) is 0 Å². The molecule has 0 saturated carbocycles. The van der Waals surface area contributed by atoms with Crippen molar-refractivity contribution in [1.82, 2.24) is 5.32 Å². The van der Waals surface area contributed by atoms with Crippen LogP contribution in [0.25, 0.3) is 0 Å². The van der Waals surface area contributed by atoms with Crippen LogP contribution in [0.5, 0.6) is 0 Å². The minimum atomic E-state index is -0.426. The van der Waals surface area contributed by atoms with Crippen LogP contribution in [-0.2, 0) is 9.59 Å². The van der Waals surface area contributed by atoms with Crippen LogP contribution in [0.15, 0.2) is 0 Å². The van der Waals surface area contributed by atoms with E-state index in [1.54, 1.807) is 6.92 Å². The van der Waals surface area contributed by atoms with Gasteiger partial charge in [-0.2, -0.15) is 0 Å². The van der Waals surface area contributed by atoms with Crippen molar-refractivity contribution < 1.29 is 9.59 Å². The molecule has 0 radical (unpaired) electrons. The average Bonchev–Trinajstić information content (AvgIpc) is 1.99. The van der Waals surface area contributed by atoms with Crippen LogP contribution in [0.3, 0.4) is 0 Å². The molecule has 14 heavy (non-hydrogen) atoms. The van der Waals surface area contributed by atoms with Crippen molar-refractivity contribution in [3.05, 3.63) is 0 Å². The number of carbonyl (C=O) groups is 2. The number of carbonyl (C=O) groups excluding carboxylic acids is 2. The summed E-state index contributed by atoms with van der Waals surface area (Å²) in [5.41, 5.74) is 0. The van der Waals surface area contributed by atoms with Crippen molar-refractivity contribution in [2.24, 2.45) is 5.92 Å². The minimum absolute atomic E-state index is 0.0540. The van der Waals surface area contributed by atoms with Gasteiger partial charge in [-0.25, -0.2) is 0 Å². The molecule has 1 saturated heterocycles. The number of rotatable bonds is 2. The molecular formula is C10H17NO2Se. The first kappa shape index (κ1) is 11.7. The molecule has 0 aromatic rings. The normalized spacial score (nSPS) is 33.4. The van der Waals surface area contributed by atoms with Gasteiger partial charge < -0.3 is 0 Å². The fraction of sp³-hybridized carbons (Fsp3) is 0.800. The maximum absolute atomic E-state index is 11.8. The second kappa shape index (κ2) is 4.03. The third kappa shape index (κ3) is 2.37. The molecular weight excluding hydrogens is 245 g/mol. The Morgan fingerprint density at radius 2 is 2.07 bits per heavy atom. The van der Waals surface area contributed by atoms with Crippen molar-refractivity contribution in [1.29, 1.82) is 0 Å². The van der Waals surface area contributed by atoms with E-state index in [0.717, 1.165) is 6.42 Å². The molecule has 2 atom stereocenters. The molecule has 1 N–H and O–H groups in total. The molecule has 3 nitrogen and oxygen atoms in total. The monoisotopic (exact) mass is 263 g/mol. The third-order valence-electron chi connectivity index (χ3n) is 2.31. The van der Waals surface area contributed by atoms with E-state index in [0.29, 0.717) is 5.92 Å². The Hall–Kier alpha value is -0.341. The van der Waals surface area contributed by atoms with Gasteiger partial charge in [0.15, 0.2) is 0 Å². The molecule has 0 aromatic carbocycles. The molecule has 1 aliphatic rings. The zero-order valence-corrected chi connectivity index (χ0v) is 10.8. The molecule has 1 fully saturated rings. The van der Waals surface area contributed by atoms with E-state index in [-0.39, 0.29) is 31.6 Å². The molecule has 0 bridgehead atoms. The van der Waals surface area contributed by atoms with Crippen molar-refractivity contribution >= 4 is 25.5 Å². The van der Waals surface area contributed by atoms with Gasteiger partial charge in [0.25, 0.3) is 0 Å². The Bertz CT molecular complexity index is 265. The molecule has 1 unspecified atom stereocenters. The Balaban J connectivity index is 2.78. The predicted molar refractivity (Wildman–Crippen MR) is 56.2 cm³/mol. The molecule has 0 aromatic heterocycles. The second-order valence-electron chi connectivity index (χ2n) is 4.45. The van der Waals surface area contributed by atoms with Gasteiger partial charge in [0, 0.05) is 0 Å². The van der Waals surface area contributed by atoms with Gasteiger partial charge in [0.1, 0.15) is 0 Å². The summed E-state index contributed by atoms with van der Waals surface area (Å²) in [5.74, 6) is 0.507. The van der Waals surface area contributed by atoms with Gasteiger partial charge in [0.05, 0.1) is 0 Å². The first-order chi connectivity index (χ1) is 6.35. The van der Waals surface area contributed by atoms with Crippen molar-refractivity contribution in [3.63, 3.8) is 0 Å². The van der Waals surface area contributed by atoms with Gasteiger partial charge in [-0.15, -0.1) is 0 Å². The van der Waals surface area contributed by atoms with Crippen LogP contribution in [0, 0.1) is 5.92 Å². The van der Waals surface area contributed by atoms with Gasteiger partial charge in [-0.1, -0.05) is 0 Å². The van der Waals surface area contributed by atoms with Gasteiger partial charge >= 0.3 is 90.8 Å². The second-order valence-corrected chi connectivity index (χ2v) is 7.61. The predicted octanol–water partition coefficient (Wildman–Crippen LogP) is 0.960. The Morgan fingerprint density at radius 1 is 1.50 bits per heavy atom. The quantitative estimate of drug-likeness (QED) is 0.753. The third-order valence-corrected chi connectivity index (χ3v) is 5.15. The summed E-state index contributed by atoms with van der Waals surface area (Å²) in [6.45, 7) is 7.83. The van der Waals surface area contributed by atoms with Gasteiger partial charge in [0.2, 0.25) is 0 Å². The van der Waals surface area contributed by atoms with E-state index in [2.05, 4.69) is 19.2 Å². The number of hydrogen-bond acceptors (Lipinski definition) is 2. The average molecular weight is 262 g/mol. The maximum atomic E-state index is 11.8. The topological polar surface area (TPSA) is 46.2 Å². The molecule has 1 rings (SSSR count).